The number of amides is 1. The van der Waals surface area contributed by atoms with Gasteiger partial charge in [0.1, 0.15) is 0 Å². The molecule has 1 fully saturated rings. The van der Waals surface area contributed by atoms with Crippen molar-refractivity contribution in [1.29, 1.82) is 0 Å². The first kappa shape index (κ1) is 12.2. The number of carbonyl (C=O) groups is 1. The van der Waals surface area contributed by atoms with Crippen LogP contribution in [0.1, 0.15) is 13.3 Å². The van der Waals surface area contributed by atoms with E-state index in [1.54, 1.807) is 6.92 Å². The Morgan fingerprint density at radius 1 is 1.47 bits per heavy atom. The van der Waals surface area contributed by atoms with E-state index in [0.717, 1.165) is 31.1 Å². The van der Waals surface area contributed by atoms with Crippen LogP contribution in [0.25, 0.3) is 0 Å². The van der Waals surface area contributed by atoms with Crippen LogP contribution in [0.5, 0.6) is 0 Å². The molecule has 92 valence electrons. The van der Waals surface area contributed by atoms with Crippen LogP contribution in [-0.2, 0) is 4.79 Å². The van der Waals surface area contributed by atoms with Gasteiger partial charge in [0.25, 0.3) is 0 Å². The zero-order chi connectivity index (χ0) is 12.3. The number of anilines is 1. The Labute approximate surface area is 107 Å². The van der Waals surface area contributed by atoms with Gasteiger partial charge in [0.2, 0.25) is 5.91 Å². The highest BCUT2D eigenvalue weighted by Crippen LogP contribution is 2.24. The van der Waals surface area contributed by atoms with Gasteiger partial charge in [0, 0.05) is 37.3 Å². The molecule has 17 heavy (non-hydrogen) atoms. The van der Waals surface area contributed by atoms with E-state index >= 15 is 0 Å². The minimum absolute atomic E-state index is 0.0509. The monoisotopic (exact) mass is 252 g/mol. The molecule has 0 aliphatic carbocycles. The fourth-order valence-corrected chi connectivity index (χ4v) is 2.30. The van der Waals surface area contributed by atoms with Crippen molar-refractivity contribution in [3.8, 4) is 0 Å². The molecule has 2 rings (SSSR count). The van der Waals surface area contributed by atoms with E-state index in [-0.39, 0.29) is 5.91 Å². The summed E-state index contributed by atoms with van der Waals surface area (Å²) < 4.78 is 0. The average molecular weight is 253 g/mol. The Hall–Kier alpha value is -1.22. The minimum Gasteiger partial charge on any atom is -0.371 e. The van der Waals surface area contributed by atoms with Crippen LogP contribution in [0.2, 0.25) is 5.02 Å². The van der Waals surface area contributed by atoms with Gasteiger partial charge in [-0.1, -0.05) is 11.6 Å². The summed E-state index contributed by atoms with van der Waals surface area (Å²) in [7, 11) is 0. The molecule has 1 aliphatic rings. The molecule has 3 nitrogen and oxygen atoms in total. The standard InChI is InChI=1S/C13H17ClN2O/c1-10(17)15-8-11-6-7-16(9-11)13-4-2-12(14)3-5-13/h2-5,11H,6-9H2,1H3,(H,15,17). The molecular formula is C13H17ClN2O. The van der Waals surface area contributed by atoms with E-state index < -0.39 is 0 Å². The second kappa shape index (κ2) is 5.41. The second-order valence-corrected chi connectivity index (χ2v) is 4.95. The highest BCUT2D eigenvalue weighted by Gasteiger charge is 2.22. The smallest absolute Gasteiger partial charge is 0.216 e. The van der Waals surface area contributed by atoms with Crippen LogP contribution in [0.15, 0.2) is 24.3 Å². The van der Waals surface area contributed by atoms with E-state index in [1.165, 1.54) is 5.69 Å². The highest BCUT2D eigenvalue weighted by atomic mass is 35.5. The number of nitrogens with one attached hydrogen (secondary N) is 1. The van der Waals surface area contributed by atoms with E-state index in [4.69, 9.17) is 11.6 Å². The van der Waals surface area contributed by atoms with Gasteiger partial charge in [-0.3, -0.25) is 4.79 Å². The van der Waals surface area contributed by atoms with E-state index in [1.807, 2.05) is 24.3 Å². The van der Waals surface area contributed by atoms with Gasteiger partial charge in [-0.25, -0.2) is 0 Å². The molecule has 1 saturated heterocycles. The van der Waals surface area contributed by atoms with Gasteiger partial charge < -0.3 is 10.2 Å². The van der Waals surface area contributed by atoms with E-state index in [9.17, 15) is 4.79 Å². The Kier molecular flexibility index (Phi) is 3.89. The summed E-state index contributed by atoms with van der Waals surface area (Å²) in [4.78, 5) is 13.2. The van der Waals surface area contributed by atoms with Gasteiger partial charge in [0.05, 0.1) is 0 Å². The molecular weight excluding hydrogens is 236 g/mol. The molecule has 1 amide bonds. The summed E-state index contributed by atoms with van der Waals surface area (Å²) in [6.07, 6.45) is 1.13. The average Bonchev–Trinajstić information content (AvgIpc) is 2.76. The van der Waals surface area contributed by atoms with Gasteiger partial charge in [-0.15, -0.1) is 0 Å². The minimum atomic E-state index is 0.0509. The molecule has 1 atom stereocenters. The lowest BCUT2D eigenvalue weighted by atomic mass is 10.1. The van der Waals surface area contributed by atoms with Crippen molar-refractivity contribution in [3.63, 3.8) is 0 Å². The number of hydrogen-bond donors (Lipinski definition) is 1. The largest absolute Gasteiger partial charge is 0.371 e. The van der Waals surface area contributed by atoms with Gasteiger partial charge in [-0.05, 0) is 36.6 Å². The van der Waals surface area contributed by atoms with Gasteiger partial charge in [0.15, 0.2) is 0 Å². The van der Waals surface area contributed by atoms with Crippen molar-refractivity contribution in [1.82, 2.24) is 5.32 Å². The van der Waals surface area contributed by atoms with Gasteiger partial charge in [-0.2, -0.15) is 0 Å². The van der Waals surface area contributed by atoms with Crippen LogP contribution in [-0.4, -0.2) is 25.5 Å². The van der Waals surface area contributed by atoms with Crippen LogP contribution in [0.3, 0.4) is 0 Å². The molecule has 1 aromatic rings. The maximum atomic E-state index is 10.9. The molecule has 4 heteroatoms. The Morgan fingerprint density at radius 2 is 2.18 bits per heavy atom. The number of nitrogens with zero attached hydrogens (tertiary/aromatic N) is 1. The predicted octanol–water partition coefficient (Wildman–Crippen LogP) is 2.30. The fourth-order valence-electron chi connectivity index (χ4n) is 2.17. The van der Waals surface area contributed by atoms with Crippen molar-refractivity contribution >= 4 is 23.2 Å². The van der Waals surface area contributed by atoms with Crippen molar-refractivity contribution in [2.45, 2.75) is 13.3 Å². The first-order valence-corrected chi connectivity index (χ1v) is 6.28. The van der Waals surface area contributed by atoms with E-state index in [2.05, 4.69) is 10.2 Å². The first-order valence-electron chi connectivity index (χ1n) is 5.90. The van der Waals surface area contributed by atoms with Crippen LogP contribution in [0, 0.1) is 5.92 Å². The lowest BCUT2D eigenvalue weighted by Gasteiger charge is -2.18. The fraction of sp³-hybridized carbons (Fsp3) is 0.462. The molecule has 1 aliphatic heterocycles. The Balaban J connectivity index is 1.89. The third kappa shape index (κ3) is 3.37. The van der Waals surface area contributed by atoms with Crippen molar-refractivity contribution in [3.05, 3.63) is 29.3 Å². The summed E-state index contributed by atoms with van der Waals surface area (Å²) in [5, 5.41) is 3.65. The van der Waals surface area contributed by atoms with Crippen molar-refractivity contribution in [2.75, 3.05) is 24.5 Å². The summed E-state index contributed by atoms with van der Waals surface area (Å²) >= 11 is 5.87. The summed E-state index contributed by atoms with van der Waals surface area (Å²) in [6, 6.07) is 7.92. The number of rotatable bonds is 3. The van der Waals surface area contributed by atoms with Crippen molar-refractivity contribution in [2.24, 2.45) is 5.92 Å². The van der Waals surface area contributed by atoms with E-state index in [0.29, 0.717) is 5.92 Å². The predicted molar refractivity (Wildman–Crippen MR) is 70.5 cm³/mol. The number of carbonyl (C=O) groups excluding carboxylic acids is 1. The SMILES string of the molecule is CC(=O)NCC1CCN(c2ccc(Cl)cc2)C1. The molecule has 1 aromatic carbocycles. The van der Waals surface area contributed by atoms with Crippen LogP contribution < -0.4 is 10.2 Å². The number of hydrogen-bond acceptors (Lipinski definition) is 2. The summed E-state index contributed by atoms with van der Waals surface area (Å²) in [5.74, 6) is 0.601. The lowest BCUT2D eigenvalue weighted by molar-refractivity contribution is -0.119. The number of benzene rings is 1. The molecule has 1 unspecified atom stereocenters. The van der Waals surface area contributed by atoms with Crippen LogP contribution >= 0.6 is 11.6 Å². The molecule has 0 saturated carbocycles. The maximum Gasteiger partial charge on any atom is 0.216 e. The Morgan fingerprint density at radius 3 is 2.82 bits per heavy atom. The third-order valence-electron chi connectivity index (χ3n) is 3.12. The lowest BCUT2D eigenvalue weighted by Crippen LogP contribution is -2.29. The first-order chi connectivity index (χ1) is 8.15. The maximum absolute atomic E-state index is 10.9. The molecule has 0 spiro atoms. The quantitative estimate of drug-likeness (QED) is 0.895. The third-order valence-corrected chi connectivity index (χ3v) is 3.37. The molecule has 0 aromatic heterocycles. The molecule has 0 bridgehead atoms. The molecule has 1 heterocycles. The molecule has 0 radical (unpaired) electrons. The normalized spacial score (nSPS) is 19.4. The zero-order valence-corrected chi connectivity index (χ0v) is 10.7. The highest BCUT2D eigenvalue weighted by molar-refractivity contribution is 6.30. The second-order valence-electron chi connectivity index (χ2n) is 4.51. The van der Waals surface area contributed by atoms with Gasteiger partial charge >= 0.3 is 0 Å². The van der Waals surface area contributed by atoms with Crippen molar-refractivity contribution < 1.29 is 4.79 Å². The number of halogens is 1. The van der Waals surface area contributed by atoms with Crippen LogP contribution in [0.4, 0.5) is 5.69 Å². The molecule has 1 N–H and O–H groups in total. The summed E-state index contributed by atoms with van der Waals surface area (Å²) in [5.41, 5.74) is 1.21. The topological polar surface area (TPSA) is 32.3 Å². The zero-order valence-electron chi connectivity index (χ0n) is 9.95. The Bertz CT molecular complexity index is 391. The summed E-state index contributed by atoms with van der Waals surface area (Å²) in [6.45, 7) is 4.39.